The van der Waals surface area contributed by atoms with Crippen LogP contribution in [-0.2, 0) is 0 Å². The zero-order valence-corrected chi connectivity index (χ0v) is 15.5. The molecule has 0 spiro atoms. The van der Waals surface area contributed by atoms with Gasteiger partial charge in [0.2, 0.25) is 0 Å². The highest BCUT2D eigenvalue weighted by Crippen LogP contribution is 2.41. The summed E-state index contributed by atoms with van der Waals surface area (Å²) in [6, 6.07) is 6.16. The Balaban J connectivity index is 2.65. The van der Waals surface area contributed by atoms with Crippen LogP contribution in [0.5, 0.6) is 5.75 Å². The average Bonchev–Trinajstić information content (AvgIpc) is 2.47. The number of unbranched alkanes of at least 4 members (excludes halogenated alkanes) is 2. The molecule has 0 aliphatic rings. The molecule has 1 aromatic carbocycles. The summed E-state index contributed by atoms with van der Waals surface area (Å²) in [6.07, 6.45) is 7.42. The van der Waals surface area contributed by atoms with Crippen LogP contribution in [0.4, 0.5) is 0 Å². The number of para-hydroxylation sites is 1. The molecule has 21 heavy (non-hydrogen) atoms. The van der Waals surface area contributed by atoms with E-state index >= 15 is 0 Å². The Morgan fingerprint density at radius 1 is 0.905 bits per heavy atom. The zero-order chi connectivity index (χ0) is 15.7. The van der Waals surface area contributed by atoms with Crippen molar-refractivity contribution in [1.82, 2.24) is 0 Å². The Morgan fingerprint density at radius 2 is 1.33 bits per heavy atom. The molecule has 1 N–H and O–H groups in total. The first-order chi connectivity index (χ1) is 10.1. The topological polar surface area (TPSA) is 20.2 Å². The maximum atomic E-state index is 10.5. The van der Waals surface area contributed by atoms with Crippen LogP contribution in [0.1, 0.15) is 66.2 Å². The number of rotatable bonds is 10. The van der Waals surface area contributed by atoms with E-state index in [2.05, 4.69) is 33.8 Å². The van der Waals surface area contributed by atoms with Gasteiger partial charge in [-0.05, 0) is 25.0 Å². The van der Waals surface area contributed by atoms with Crippen LogP contribution in [0.3, 0.4) is 0 Å². The molecule has 1 rings (SSSR count). The van der Waals surface area contributed by atoms with E-state index in [1.807, 2.05) is 12.1 Å². The van der Waals surface area contributed by atoms with Crippen molar-refractivity contribution < 1.29 is 5.11 Å². The molecule has 0 aromatic heterocycles. The van der Waals surface area contributed by atoms with Gasteiger partial charge in [-0.25, -0.2) is 0 Å². The summed E-state index contributed by atoms with van der Waals surface area (Å²) < 4.78 is 0. The molecule has 0 radical (unpaired) electrons. The van der Waals surface area contributed by atoms with Gasteiger partial charge in [0.1, 0.15) is 5.75 Å². The highest BCUT2D eigenvalue weighted by molar-refractivity contribution is 8.00. The Hall–Kier alpha value is -0.280. The van der Waals surface area contributed by atoms with Gasteiger partial charge in [-0.1, -0.05) is 59.4 Å². The van der Waals surface area contributed by atoms with Crippen LogP contribution in [0.25, 0.3) is 0 Å². The van der Waals surface area contributed by atoms with E-state index in [4.69, 9.17) is 0 Å². The maximum absolute atomic E-state index is 10.5. The second kappa shape index (κ2) is 10.4. The first-order valence-corrected chi connectivity index (χ1v) is 9.99. The van der Waals surface area contributed by atoms with Crippen molar-refractivity contribution in [3.8, 4) is 5.75 Å². The Kier molecular flexibility index (Phi) is 9.34. The summed E-state index contributed by atoms with van der Waals surface area (Å²) in [5.41, 5.74) is 0. The van der Waals surface area contributed by atoms with Crippen molar-refractivity contribution in [1.29, 1.82) is 0 Å². The molecule has 120 valence electrons. The lowest BCUT2D eigenvalue weighted by Crippen LogP contribution is -1.97. The van der Waals surface area contributed by atoms with Crippen LogP contribution in [0.2, 0.25) is 0 Å². The second-order valence-electron chi connectivity index (χ2n) is 5.74. The van der Waals surface area contributed by atoms with E-state index in [1.165, 1.54) is 38.5 Å². The Morgan fingerprint density at radius 3 is 1.71 bits per heavy atom. The molecule has 1 aromatic rings. The van der Waals surface area contributed by atoms with E-state index in [9.17, 15) is 5.11 Å². The second-order valence-corrected chi connectivity index (χ2v) is 8.70. The molecule has 0 heterocycles. The average molecular weight is 327 g/mol. The lowest BCUT2D eigenvalue weighted by molar-refractivity contribution is 0.448. The van der Waals surface area contributed by atoms with E-state index in [0.717, 1.165) is 9.79 Å². The molecule has 0 bridgehead atoms. The van der Waals surface area contributed by atoms with Gasteiger partial charge >= 0.3 is 0 Å². The minimum Gasteiger partial charge on any atom is -0.506 e. The first-order valence-electron chi connectivity index (χ1n) is 8.23. The van der Waals surface area contributed by atoms with Crippen molar-refractivity contribution >= 4 is 23.5 Å². The largest absolute Gasteiger partial charge is 0.506 e. The number of phenols is 1. The van der Waals surface area contributed by atoms with E-state index in [-0.39, 0.29) is 0 Å². The predicted octanol–water partition coefficient (Wildman–Crippen LogP) is 6.73. The highest BCUT2D eigenvalue weighted by atomic mass is 32.2. The van der Waals surface area contributed by atoms with Gasteiger partial charge < -0.3 is 5.11 Å². The van der Waals surface area contributed by atoms with Crippen LogP contribution >= 0.6 is 23.5 Å². The van der Waals surface area contributed by atoms with Gasteiger partial charge in [0.15, 0.2) is 0 Å². The minimum atomic E-state index is 0.485. The molecule has 0 saturated carbocycles. The highest BCUT2D eigenvalue weighted by Gasteiger charge is 2.13. The quantitative estimate of drug-likeness (QED) is 0.481. The fraction of sp³-hybridized carbons (Fsp3) is 0.667. The molecule has 3 heteroatoms. The van der Waals surface area contributed by atoms with Crippen molar-refractivity contribution in [3.05, 3.63) is 18.2 Å². The van der Waals surface area contributed by atoms with Gasteiger partial charge in [-0.3, -0.25) is 0 Å². The zero-order valence-electron chi connectivity index (χ0n) is 13.9. The fourth-order valence-corrected chi connectivity index (χ4v) is 4.48. The Bertz CT molecular complexity index is 372. The van der Waals surface area contributed by atoms with Crippen molar-refractivity contribution in [2.75, 3.05) is 0 Å². The number of thioether (sulfide) groups is 2. The molecular formula is C18H30OS2. The number of hydrogen-bond donors (Lipinski definition) is 1. The standard InChI is InChI=1S/C18H30OS2/c1-5-7-10-14(3)20-16-12-9-13-17(18(16)19)21-15(4)11-8-6-2/h9,12-15,19H,5-8,10-11H2,1-4H3. The molecule has 2 unspecified atom stereocenters. The SMILES string of the molecule is CCCCC(C)Sc1cccc(SC(C)CCCC)c1O. The third kappa shape index (κ3) is 7.01. The van der Waals surface area contributed by atoms with Crippen molar-refractivity contribution in [2.24, 2.45) is 0 Å². The Labute approximate surface area is 139 Å². The van der Waals surface area contributed by atoms with Gasteiger partial charge in [-0.2, -0.15) is 0 Å². The summed E-state index contributed by atoms with van der Waals surface area (Å²) in [5.74, 6) is 0.485. The lowest BCUT2D eigenvalue weighted by atomic mass is 10.2. The van der Waals surface area contributed by atoms with Crippen LogP contribution < -0.4 is 0 Å². The summed E-state index contributed by atoms with van der Waals surface area (Å²) in [6.45, 7) is 8.96. The third-order valence-electron chi connectivity index (χ3n) is 3.55. The normalized spacial score (nSPS) is 14.1. The predicted molar refractivity (Wildman–Crippen MR) is 97.8 cm³/mol. The maximum Gasteiger partial charge on any atom is 0.142 e. The van der Waals surface area contributed by atoms with E-state index in [0.29, 0.717) is 16.2 Å². The molecule has 1 nitrogen and oxygen atoms in total. The van der Waals surface area contributed by atoms with Crippen molar-refractivity contribution in [2.45, 2.75) is 86.5 Å². The molecule has 0 saturated heterocycles. The van der Waals surface area contributed by atoms with Crippen LogP contribution in [0.15, 0.2) is 28.0 Å². The molecular weight excluding hydrogens is 296 g/mol. The third-order valence-corrected chi connectivity index (χ3v) is 5.99. The molecule has 0 aliphatic carbocycles. The van der Waals surface area contributed by atoms with Crippen LogP contribution in [0, 0.1) is 0 Å². The number of benzene rings is 1. The summed E-state index contributed by atoms with van der Waals surface area (Å²) in [4.78, 5) is 2.07. The van der Waals surface area contributed by atoms with Gasteiger partial charge in [0.05, 0.1) is 9.79 Å². The van der Waals surface area contributed by atoms with Gasteiger partial charge in [0, 0.05) is 10.5 Å². The minimum absolute atomic E-state index is 0.485. The molecule has 0 amide bonds. The molecule has 0 aliphatic heterocycles. The smallest absolute Gasteiger partial charge is 0.142 e. The summed E-state index contributed by atoms with van der Waals surface area (Å²) >= 11 is 3.61. The van der Waals surface area contributed by atoms with Crippen LogP contribution in [-0.4, -0.2) is 15.6 Å². The molecule has 2 atom stereocenters. The summed E-state index contributed by atoms with van der Waals surface area (Å²) in [7, 11) is 0. The number of hydrogen-bond acceptors (Lipinski definition) is 3. The number of phenolic OH excluding ortho intramolecular Hbond substituents is 1. The van der Waals surface area contributed by atoms with Gasteiger partial charge in [0.25, 0.3) is 0 Å². The molecule has 0 fully saturated rings. The summed E-state index contributed by atoms with van der Waals surface area (Å²) in [5, 5.41) is 11.6. The fourth-order valence-electron chi connectivity index (χ4n) is 2.23. The monoisotopic (exact) mass is 326 g/mol. The lowest BCUT2D eigenvalue weighted by Gasteiger charge is -2.16. The number of aromatic hydroxyl groups is 1. The van der Waals surface area contributed by atoms with Gasteiger partial charge in [-0.15, -0.1) is 23.5 Å². The van der Waals surface area contributed by atoms with Crippen molar-refractivity contribution in [3.63, 3.8) is 0 Å². The van der Waals surface area contributed by atoms with E-state index < -0.39 is 0 Å². The first kappa shape index (κ1) is 18.8. The van der Waals surface area contributed by atoms with E-state index in [1.54, 1.807) is 23.5 Å².